The molecular formula is C18H24FN3O2. The molecule has 1 atom stereocenters. The molecule has 0 bridgehead atoms. The average molecular weight is 333 g/mol. The van der Waals surface area contributed by atoms with Crippen LogP contribution in [0.1, 0.15) is 43.2 Å². The van der Waals surface area contributed by atoms with Crippen molar-refractivity contribution in [2.45, 2.75) is 40.2 Å². The molecule has 1 aromatic carbocycles. The van der Waals surface area contributed by atoms with E-state index in [0.29, 0.717) is 29.9 Å². The maximum atomic E-state index is 13.9. The van der Waals surface area contributed by atoms with Crippen LogP contribution in [0, 0.1) is 18.2 Å². The Labute approximate surface area is 141 Å². The molecule has 130 valence electrons. The van der Waals surface area contributed by atoms with Gasteiger partial charge in [0.05, 0.1) is 23.6 Å². The number of carbonyl (C=O) groups excluding carboxylic acids is 1. The molecule has 0 fully saturated rings. The largest absolute Gasteiger partial charge is 0.393 e. The van der Waals surface area contributed by atoms with E-state index >= 15 is 0 Å². The van der Waals surface area contributed by atoms with Crippen LogP contribution in [-0.4, -0.2) is 33.4 Å². The van der Waals surface area contributed by atoms with Gasteiger partial charge in [0, 0.05) is 6.54 Å². The van der Waals surface area contributed by atoms with Crippen molar-refractivity contribution in [3.8, 4) is 5.69 Å². The number of aliphatic hydroxyl groups excluding tert-OH is 1. The first-order valence-electron chi connectivity index (χ1n) is 7.97. The number of nitrogens with one attached hydrogen (secondary N) is 1. The zero-order valence-corrected chi connectivity index (χ0v) is 14.5. The molecule has 2 aromatic rings. The molecule has 0 aliphatic heterocycles. The van der Waals surface area contributed by atoms with Crippen molar-refractivity contribution in [1.29, 1.82) is 0 Å². The van der Waals surface area contributed by atoms with Crippen molar-refractivity contribution < 1.29 is 14.3 Å². The lowest BCUT2D eigenvalue weighted by molar-refractivity contribution is 0.0901. The second kappa shape index (κ2) is 7.13. The van der Waals surface area contributed by atoms with Gasteiger partial charge in [-0.05, 0) is 37.8 Å². The Morgan fingerprint density at radius 3 is 2.71 bits per heavy atom. The van der Waals surface area contributed by atoms with Gasteiger partial charge in [-0.3, -0.25) is 4.79 Å². The van der Waals surface area contributed by atoms with Crippen molar-refractivity contribution in [2.75, 3.05) is 6.54 Å². The standard InChI is InChI=1S/C18H24FN3O2/c1-12(23)9-18(3,4)11-20-17(24)14-10-21-22(13(14)2)16-8-6-5-7-15(16)19/h5-8,10,12,23H,9,11H2,1-4H3,(H,20,24). The molecule has 0 saturated carbocycles. The van der Waals surface area contributed by atoms with E-state index in [1.54, 1.807) is 32.0 Å². The fraction of sp³-hybridized carbons (Fsp3) is 0.444. The number of rotatable bonds is 6. The summed E-state index contributed by atoms with van der Waals surface area (Å²) in [7, 11) is 0. The van der Waals surface area contributed by atoms with Crippen LogP contribution in [0.2, 0.25) is 0 Å². The lowest BCUT2D eigenvalue weighted by Gasteiger charge is -2.26. The van der Waals surface area contributed by atoms with Crippen LogP contribution >= 0.6 is 0 Å². The van der Waals surface area contributed by atoms with Crippen LogP contribution in [0.5, 0.6) is 0 Å². The molecule has 1 amide bonds. The lowest BCUT2D eigenvalue weighted by atomic mass is 9.87. The van der Waals surface area contributed by atoms with Gasteiger partial charge in [-0.1, -0.05) is 26.0 Å². The molecule has 6 heteroatoms. The van der Waals surface area contributed by atoms with E-state index in [1.165, 1.54) is 16.9 Å². The zero-order valence-electron chi connectivity index (χ0n) is 14.5. The third-order valence-corrected chi connectivity index (χ3v) is 3.91. The number of hydrogen-bond acceptors (Lipinski definition) is 3. The molecular weight excluding hydrogens is 309 g/mol. The van der Waals surface area contributed by atoms with Gasteiger partial charge in [0.15, 0.2) is 0 Å². The first kappa shape index (κ1) is 18.1. The summed E-state index contributed by atoms with van der Waals surface area (Å²) in [6.45, 7) is 7.85. The number of amides is 1. The van der Waals surface area contributed by atoms with E-state index < -0.39 is 11.9 Å². The summed E-state index contributed by atoms with van der Waals surface area (Å²) in [5.74, 6) is -0.650. The van der Waals surface area contributed by atoms with Gasteiger partial charge < -0.3 is 10.4 Å². The van der Waals surface area contributed by atoms with Crippen LogP contribution in [-0.2, 0) is 0 Å². The summed E-state index contributed by atoms with van der Waals surface area (Å²) in [5.41, 5.74) is 1.07. The number of benzene rings is 1. The Balaban J connectivity index is 2.14. The molecule has 1 aromatic heterocycles. The second-order valence-electron chi connectivity index (χ2n) is 6.91. The predicted octanol–water partition coefficient (Wildman–Crippen LogP) is 2.85. The summed E-state index contributed by atoms with van der Waals surface area (Å²) < 4.78 is 15.3. The number of aromatic nitrogens is 2. The molecule has 5 nitrogen and oxygen atoms in total. The Kier molecular flexibility index (Phi) is 5.39. The summed E-state index contributed by atoms with van der Waals surface area (Å²) >= 11 is 0. The van der Waals surface area contributed by atoms with Crippen LogP contribution in [0.4, 0.5) is 4.39 Å². The van der Waals surface area contributed by atoms with E-state index in [-0.39, 0.29) is 11.3 Å². The van der Waals surface area contributed by atoms with Crippen molar-refractivity contribution in [2.24, 2.45) is 5.41 Å². The second-order valence-corrected chi connectivity index (χ2v) is 6.91. The van der Waals surface area contributed by atoms with Gasteiger partial charge in [-0.15, -0.1) is 0 Å². The molecule has 0 radical (unpaired) electrons. The maximum Gasteiger partial charge on any atom is 0.254 e. The normalized spacial score (nSPS) is 12.9. The zero-order chi connectivity index (χ0) is 17.9. The molecule has 24 heavy (non-hydrogen) atoms. The van der Waals surface area contributed by atoms with Crippen molar-refractivity contribution in [3.63, 3.8) is 0 Å². The van der Waals surface area contributed by atoms with Gasteiger partial charge in [-0.25, -0.2) is 9.07 Å². The SMILES string of the molecule is Cc1c(C(=O)NCC(C)(C)CC(C)O)cnn1-c1ccccc1F. The highest BCUT2D eigenvalue weighted by molar-refractivity contribution is 5.95. The summed E-state index contributed by atoms with van der Waals surface area (Å²) in [6, 6.07) is 6.30. The summed E-state index contributed by atoms with van der Waals surface area (Å²) in [4.78, 5) is 12.4. The third kappa shape index (κ3) is 4.20. The third-order valence-electron chi connectivity index (χ3n) is 3.91. The van der Waals surface area contributed by atoms with Crippen LogP contribution in [0.25, 0.3) is 5.69 Å². The quantitative estimate of drug-likeness (QED) is 0.854. The fourth-order valence-electron chi connectivity index (χ4n) is 2.79. The van der Waals surface area contributed by atoms with Crippen LogP contribution in [0.15, 0.2) is 30.5 Å². The van der Waals surface area contributed by atoms with E-state index in [0.717, 1.165) is 0 Å². The molecule has 0 aliphatic rings. The van der Waals surface area contributed by atoms with E-state index in [9.17, 15) is 14.3 Å². The Morgan fingerprint density at radius 2 is 2.08 bits per heavy atom. The number of aliphatic hydroxyl groups is 1. The van der Waals surface area contributed by atoms with Gasteiger partial charge >= 0.3 is 0 Å². The molecule has 0 spiro atoms. The number of hydrogen-bond donors (Lipinski definition) is 2. The fourth-order valence-corrected chi connectivity index (χ4v) is 2.79. The first-order chi connectivity index (χ1) is 11.2. The molecule has 1 unspecified atom stereocenters. The number of nitrogens with zero attached hydrogens (tertiary/aromatic N) is 2. The first-order valence-corrected chi connectivity index (χ1v) is 7.97. The highest BCUT2D eigenvalue weighted by Crippen LogP contribution is 2.22. The monoisotopic (exact) mass is 333 g/mol. The minimum atomic E-state index is -0.428. The topological polar surface area (TPSA) is 67.2 Å². The van der Waals surface area contributed by atoms with Crippen molar-refractivity contribution >= 4 is 5.91 Å². The number of carbonyl (C=O) groups is 1. The Morgan fingerprint density at radius 1 is 1.42 bits per heavy atom. The smallest absolute Gasteiger partial charge is 0.254 e. The minimum Gasteiger partial charge on any atom is -0.393 e. The van der Waals surface area contributed by atoms with E-state index in [4.69, 9.17) is 0 Å². The van der Waals surface area contributed by atoms with Gasteiger partial charge in [0.25, 0.3) is 5.91 Å². The molecule has 2 rings (SSSR count). The maximum absolute atomic E-state index is 13.9. The Hall–Kier alpha value is -2.21. The number of para-hydroxylation sites is 1. The number of halogens is 1. The van der Waals surface area contributed by atoms with Crippen molar-refractivity contribution in [3.05, 3.63) is 47.5 Å². The Bertz CT molecular complexity index is 723. The summed E-state index contributed by atoms with van der Waals surface area (Å²) in [5, 5.41) is 16.5. The van der Waals surface area contributed by atoms with Gasteiger partial charge in [-0.2, -0.15) is 5.10 Å². The predicted molar refractivity (Wildman–Crippen MR) is 90.7 cm³/mol. The summed E-state index contributed by atoms with van der Waals surface area (Å²) in [6.07, 6.45) is 1.60. The molecule has 2 N–H and O–H groups in total. The van der Waals surface area contributed by atoms with Gasteiger partial charge in [0.2, 0.25) is 0 Å². The highest BCUT2D eigenvalue weighted by Gasteiger charge is 2.23. The van der Waals surface area contributed by atoms with E-state index in [1.807, 2.05) is 13.8 Å². The van der Waals surface area contributed by atoms with Crippen molar-refractivity contribution in [1.82, 2.24) is 15.1 Å². The van der Waals surface area contributed by atoms with Crippen LogP contribution < -0.4 is 5.32 Å². The van der Waals surface area contributed by atoms with Crippen LogP contribution in [0.3, 0.4) is 0 Å². The van der Waals surface area contributed by atoms with Gasteiger partial charge in [0.1, 0.15) is 11.5 Å². The molecule has 0 saturated heterocycles. The lowest BCUT2D eigenvalue weighted by Crippen LogP contribution is -2.35. The van der Waals surface area contributed by atoms with E-state index in [2.05, 4.69) is 10.4 Å². The molecule has 1 heterocycles. The minimum absolute atomic E-state index is 0.223. The molecule has 0 aliphatic carbocycles. The average Bonchev–Trinajstić information content (AvgIpc) is 2.86. The highest BCUT2D eigenvalue weighted by atomic mass is 19.1.